The number of furan rings is 1. The van der Waals surface area contributed by atoms with Crippen molar-refractivity contribution in [2.75, 3.05) is 6.54 Å². The highest BCUT2D eigenvalue weighted by Gasteiger charge is 2.30. The maximum atomic E-state index is 14.3. The van der Waals surface area contributed by atoms with E-state index >= 15 is 0 Å². The van der Waals surface area contributed by atoms with Crippen molar-refractivity contribution in [2.45, 2.75) is 24.4 Å². The van der Waals surface area contributed by atoms with Crippen LogP contribution in [0.4, 0.5) is 4.39 Å². The number of sulfonamides is 1. The van der Waals surface area contributed by atoms with Crippen molar-refractivity contribution < 1.29 is 22.0 Å². The zero-order valence-corrected chi connectivity index (χ0v) is 18.8. The number of fused-ring (bicyclic) bond motifs is 1. The molecule has 33 heavy (non-hydrogen) atoms. The molecule has 0 radical (unpaired) electrons. The largest absolute Gasteiger partial charge is 0.468 e. The predicted molar refractivity (Wildman–Crippen MR) is 123 cm³/mol. The van der Waals surface area contributed by atoms with Crippen LogP contribution in [0.15, 0.2) is 94.4 Å². The average Bonchev–Trinajstić information content (AvgIpc) is 3.31. The molecule has 4 aromatic rings. The number of hydrogen-bond donors (Lipinski definition) is 1. The number of hydrogen-bond acceptors (Lipinski definition) is 4. The van der Waals surface area contributed by atoms with Crippen LogP contribution >= 0.6 is 0 Å². The van der Waals surface area contributed by atoms with E-state index in [4.69, 9.17) is 4.42 Å². The summed E-state index contributed by atoms with van der Waals surface area (Å²) in [5.74, 6) is -1.06. The minimum absolute atomic E-state index is 0.207. The van der Waals surface area contributed by atoms with E-state index in [1.807, 2.05) is 49.4 Å². The minimum Gasteiger partial charge on any atom is -0.468 e. The van der Waals surface area contributed by atoms with Gasteiger partial charge < -0.3 is 9.73 Å². The number of benzene rings is 3. The monoisotopic (exact) mass is 466 g/mol. The highest BCUT2D eigenvalue weighted by molar-refractivity contribution is 7.89. The molecule has 8 heteroatoms. The van der Waals surface area contributed by atoms with Crippen molar-refractivity contribution in [3.8, 4) is 0 Å². The lowest BCUT2D eigenvalue weighted by atomic mass is 10.0. The second-order valence-electron chi connectivity index (χ2n) is 7.68. The lowest BCUT2D eigenvalue weighted by Gasteiger charge is -2.22. The summed E-state index contributed by atoms with van der Waals surface area (Å²) in [4.78, 5) is 12.4. The van der Waals surface area contributed by atoms with Crippen LogP contribution in [-0.4, -0.2) is 25.2 Å². The molecular weight excluding hydrogens is 443 g/mol. The number of carbonyl (C=O) groups is 1. The van der Waals surface area contributed by atoms with Gasteiger partial charge in [0.15, 0.2) is 0 Å². The van der Waals surface area contributed by atoms with Gasteiger partial charge in [0, 0.05) is 0 Å². The van der Waals surface area contributed by atoms with Gasteiger partial charge in [-0.1, -0.05) is 48.5 Å². The molecule has 1 atom stereocenters. The summed E-state index contributed by atoms with van der Waals surface area (Å²) in [6.45, 7) is 1.13. The Bertz CT molecular complexity index is 1370. The van der Waals surface area contributed by atoms with E-state index in [1.165, 1.54) is 24.5 Å². The molecule has 3 aromatic carbocycles. The summed E-state index contributed by atoms with van der Waals surface area (Å²) in [6, 6.07) is 21.7. The molecule has 0 fully saturated rings. The van der Waals surface area contributed by atoms with E-state index in [1.54, 1.807) is 12.1 Å². The Balaban J connectivity index is 1.55. The van der Waals surface area contributed by atoms with Crippen LogP contribution in [0.1, 0.15) is 24.3 Å². The second kappa shape index (κ2) is 9.56. The molecule has 0 spiro atoms. The molecule has 0 aliphatic heterocycles. The Kier molecular flexibility index (Phi) is 6.57. The zero-order chi connectivity index (χ0) is 23.4. The number of nitrogens with zero attached hydrogens (tertiary/aromatic N) is 1. The van der Waals surface area contributed by atoms with Crippen LogP contribution in [0.25, 0.3) is 10.8 Å². The van der Waals surface area contributed by atoms with Gasteiger partial charge in [-0.05, 0) is 53.6 Å². The molecule has 0 bridgehead atoms. The van der Waals surface area contributed by atoms with Gasteiger partial charge in [0.2, 0.25) is 15.9 Å². The Labute approximate surface area is 191 Å². The fourth-order valence-electron chi connectivity index (χ4n) is 3.60. The summed E-state index contributed by atoms with van der Waals surface area (Å²) in [5, 5.41) is 4.96. The summed E-state index contributed by atoms with van der Waals surface area (Å²) >= 11 is 0. The molecule has 170 valence electrons. The number of halogens is 1. The lowest BCUT2D eigenvalue weighted by Crippen LogP contribution is -2.41. The average molecular weight is 467 g/mol. The zero-order valence-electron chi connectivity index (χ0n) is 17.9. The van der Waals surface area contributed by atoms with Crippen molar-refractivity contribution in [1.29, 1.82) is 0 Å². The maximum absolute atomic E-state index is 14.3. The molecule has 0 aliphatic carbocycles. The van der Waals surface area contributed by atoms with Gasteiger partial charge in [-0.2, -0.15) is 4.31 Å². The first-order valence-corrected chi connectivity index (χ1v) is 11.8. The Hall–Kier alpha value is -3.49. The van der Waals surface area contributed by atoms with Crippen LogP contribution in [0.3, 0.4) is 0 Å². The SMILES string of the molecule is CC(NC(=O)CN(Cc1ccco1)S(=O)(=O)c1ccccc1F)c1ccc2ccccc2c1. The summed E-state index contributed by atoms with van der Waals surface area (Å²) in [7, 11) is -4.29. The maximum Gasteiger partial charge on any atom is 0.246 e. The van der Waals surface area contributed by atoms with E-state index < -0.39 is 33.2 Å². The first-order valence-electron chi connectivity index (χ1n) is 10.4. The topological polar surface area (TPSA) is 79.6 Å². The molecule has 1 heterocycles. The van der Waals surface area contributed by atoms with Crippen LogP contribution < -0.4 is 5.32 Å². The van der Waals surface area contributed by atoms with E-state index in [0.29, 0.717) is 5.76 Å². The quantitative estimate of drug-likeness (QED) is 0.410. The third-order valence-corrected chi connectivity index (χ3v) is 7.16. The van der Waals surface area contributed by atoms with Crippen LogP contribution in [-0.2, 0) is 21.4 Å². The van der Waals surface area contributed by atoms with Crippen LogP contribution in [0.2, 0.25) is 0 Å². The fraction of sp³-hybridized carbons (Fsp3) is 0.160. The minimum atomic E-state index is -4.29. The number of nitrogens with one attached hydrogen (secondary N) is 1. The normalized spacial score (nSPS) is 12.7. The summed E-state index contributed by atoms with van der Waals surface area (Å²) < 4.78 is 46.8. The molecule has 0 saturated carbocycles. The molecule has 1 unspecified atom stereocenters. The smallest absolute Gasteiger partial charge is 0.246 e. The Morgan fingerprint density at radius 3 is 2.45 bits per heavy atom. The van der Waals surface area contributed by atoms with Gasteiger partial charge in [-0.3, -0.25) is 4.79 Å². The van der Waals surface area contributed by atoms with E-state index in [0.717, 1.165) is 26.7 Å². The standard InChI is InChI=1S/C25H23FN2O4S/c1-18(20-13-12-19-7-2-3-8-21(19)15-20)27-25(29)17-28(16-22-9-6-14-32-22)33(30,31)24-11-5-4-10-23(24)26/h2-15,18H,16-17H2,1H3,(H,27,29). The molecule has 1 N–H and O–H groups in total. The highest BCUT2D eigenvalue weighted by atomic mass is 32.2. The third kappa shape index (κ3) is 5.13. The van der Waals surface area contributed by atoms with Crippen molar-refractivity contribution in [1.82, 2.24) is 9.62 Å². The molecule has 4 rings (SSSR count). The first kappa shape index (κ1) is 22.7. The molecule has 1 aromatic heterocycles. The molecule has 0 aliphatic rings. The van der Waals surface area contributed by atoms with Gasteiger partial charge in [0.1, 0.15) is 16.5 Å². The van der Waals surface area contributed by atoms with E-state index in [2.05, 4.69) is 5.32 Å². The predicted octanol–water partition coefficient (Wildman–Crippen LogP) is 4.64. The Morgan fingerprint density at radius 2 is 1.73 bits per heavy atom. The number of amides is 1. The molecular formula is C25H23FN2O4S. The summed E-state index contributed by atoms with van der Waals surface area (Å²) in [5.41, 5.74) is 0.886. The van der Waals surface area contributed by atoms with Gasteiger partial charge >= 0.3 is 0 Å². The number of carbonyl (C=O) groups excluding carboxylic acids is 1. The Morgan fingerprint density at radius 1 is 1.00 bits per heavy atom. The van der Waals surface area contributed by atoms with E-state index in [9.17, 15) is 17.6 Å². The van der Waals surface area contributed by atoms with Crippen LogP contribution in [0, 0.1) is 5.82 Å². The summed E-state index contributed by atoms with van der Waals surface area (Å²) in [6.07, 6.45) is 1.41. The molecule has 1 amide bonds. The molecule has 6 nitrogen and oxygen atoms in total. The third-order valence-electron chi connectivity index (χ3n) is 5.34. The van der Waals surface area contributed by atoms with Crippen LogP contribution in [0.5, 0.6) is 0 Å². The van der Waals surface area contributed by atoms with Crippen molar-refractivity contribution in [3.05, 3.63) is 102 Å². The fourth-order valence-corrected chi connectivity index (χ4v) is 5.03. The van der Waals surface area contributed by atoms with Gasteiger partial charge in [-0.15, -0.1) is 0 Å². The van der Waals surface area contributed by atoms with Gasteiger partial charge in [0.05, 0.1) is 25.4 Å². The highest BCUT2D eigenvalue weighted by Crippen LogP contribution is 2.23. The van der Waals surface area contributed by atoms with Gasteiger partial charge in [0.25, 0.3) is 0 Å². The van der Waals surface area contributed by atoms with Crippen molar-refractivity contribution in [3.63, 3.8) is 0 Å². The van der Waals surface area contributed by atoms with Crippen molar-refractivity contribution in [2.24, 2.45) is 0 Å². The number of rotatable bonds is 8. The lowest BCUT2D eigenvalue weighted by molar-refractivity contribution is -0.122. The van der Waals surface area contributed by atoms with Gasteiger partial charge in [-0.25, -0.2) is 12.8 Å². The van der Waals surface area contributed by atoms with E-state index in [-0.39, 0.29) is 12.6 Å². The first-order chi connectivity index (χ1) is 15.8. The second-order valence-corrected chi connectivity index (χ2v) is 9.59. The molecule has 0 saturated heterocycles. The van der Waals surface area contributed by atoms with Crippen molar-refractivity contribution >= 4 is 26.7 Å².